The van der Waals surface area contributed by atoms with Crippen LogP contribution in [0.5, 0.6) is 0 Å². The molecule has 0 aliphatic heterocycles. The maximum atomic E-state index is 12.9. The first kappa shape index (κ1) is 17.5. The molecule has 4 nitrogen and oxygen atoms in total. The summed E-state index contributed by atoms with van der Waals surface area (Å²) < 4.78 is 18.6. The molecule has 1 amide bonds. The fourth-order valence-electron chi connectivity index (χ4n) is 2.22. The predicted octanol–water partition coefficient (Wildman–Crippen LogP) is 5.28. The predicted molar refractivity (Wildman–Crippen MR) is 97.8 cm³/mol. The quantitative estimate of drug-likeness (QED) is 0.504. The SMILES string of the molecule is N#C/C(=C\c1ccc(-c2ccc(Cl)cc2)o1)C(=O)Nc1ccc(F)cc1. The van der Waals surface area contributed by atoms with E-state index in [1.54, 1.807) is 36.4 Å². The fraction of sp³-hybridized carbons (Fsp3) is 0. The summed E-state index contributed by atoms with van der Waals surface area (Å²) in [6.45, 7) is 0. The highest BCUT2D eigenvalue weighted by atomic mass is 35.5. The van der Waals surface area contributed by atoms with Gasteiger partial charge in [-0.05, 0) is 60.7 Å². The van der Waals surface area contributed by atoms with Gasteiger partial charge in [0.25, 0.3) is 5.91 Å². The molecule has 3 aromatic rings. The molecule has 0 aliphatic carbocycles. The third-order valence-electron chi connectivity index (χ3n) is 3.51. The van der Waals surface area contributed by atoms with Crippen molar-refractivity contribution in [2.45, 2.75) is 0 Å². The number of anilines is 1. The van der Waals surface area contributed by atoms with Gasteiger partial charge in [0.05, 0.1) is 0 Å². The summed E-state index contributed by atoms with van der Waals surface area (Å²) in [5.74, 6) is -0.0715. The lowest BCUT2D eigenvalue weighted by Gasteiger charge is -2.03. The molecular formula is C20H12ClFN2O2. The second-order valence-electron chi connectivity index (χ2n) is 5.34. The zero-order valence-corrected chi connectivity index (χ0v) is 14.1. The molecule has 3 rings (SSSR count). The molecule has 1 aromatic heterocycles. The van der Waals surface area contributed by atoms with E-state index < -0.39 is 11.7 Å². The molecule has 0 bridgehead atoms. The maximum absolute atomic E-state index is 12.9. The van der Waals surface area contributed by atoms with Crippen molar-refractivity contribution in [3.63, 3.8) is 0 Å². The topological polar surface area (TPSA) is 66.0 Å². The number of hydrogen-bond acceptors (Lipinski definition) is 3. The Morgan fingerprint density at radius 3 is 2.42 bits per heavy atom. The number of amides is 1. The number of carbonyl (C=O) groups is 1. The minimum atomic E-state index is -0.608. The zero-order chi connectivity index (χ0) is 18.5. The van der Waals surface area contributed by atoms with Gasteiger partial charge in [0, 0.05) is 22.3 Å². The molecule has 1 N–H and O–H groups in total. The monoisotopic (exact) mass is 366 g/mol. The van der Waals surface area contributed by atoms with Crippen LogP contribution >= 0.6 is 11.6 Å². The average Bonchev–Trinajstić information content (AvgIpc) is 3.11. The van der Waals surface area contributed by atoms with E-state index in [0.717, 1.165) is 5.56 Å². The molecule has 1 heterocycles. The van der Waals surface area contributed by atoms with Gasteiger partial charge in [0.2, 0.25) is 0 Å². The first-order valence-electron chi connectivity index (χ1n) is 7.59. The summed E-state index contributed by atoms with van der Waals surface area (Å²) >= 11 is 5.86. The van der Waals surface area contributed by atoms with Gasteiger partial charge in [0.1, 0.15) is 29.0 Å². The Morgan fingerprint density at radius 2 is 1.77 bits per heavy atom. The van der Waals surface area contributed by atoms with Gasteiger partial charge in [-0.15, -0.1) is 0 Å². The Balaban J connectivity index is 1.78. The van der Waals surface area contributed by atoms with Gasteiger partial charge < -0.3 is 9.73 Å². The molecule has 0 spiro atoms. The van der Waals surface area contributed by atoms with Gasteiger partial charge in [-0.2, -0.15) is 5.26 Å². The second-order valence-corrected chi connectivity index (χ2v) is 5.78. The lowest BCUT2D eigenvalue weighted by atomic mass is 10.2. The Morgan fingerprint density at radius 1 is 1.08 bits per heavy atom. The Kier molecular flexibility index (Phi) is 5.16. The first-order chi connectivity index (χ1) is 12.5. The van der Waals surface area contributed by atoms with Crippen LogP contribution in [0.15, 0.2) is 70.7 Å². The van der Waals surface area contributed by atoms with E-state index >= 15 is 0 Å². The number of benzene rings is 2. The highest BCUT2D eigenvalue weighted by molar-refractivity contribution is 6.30. The fourth-order valence-corrected chi connectivity index (χ4v) is 2.35. The van der Waals surface area contributed by atoms with Crippen molar-refractivity contribution in [3.05, 3.63) is 82.8 Å². The van der Waals surface area contributed by atoms with Crippen molar-refractivity contribution in [2.75, 3.05) is 5.32 Å². The number of halogens is 2. The van der Waals surface area contributed by atoms with Crippen LogP contribution in [0.25, 0.3) is 17.4 Å². The van der Waals surface area contributed by atoms with Crippen LogP contribution in [0, 0.1) is 17.1 Å². The van der Waals surface area contributed by atoms with E-state index in [0.29, 0.717) is 22.2 Å². The van der Waals surface area contributed by atoms with Gasteiger partial charge >= 0.3 is 0 Å². The van der Waals surface area contributed by atoms with Crippen LogP contribution in [0.1, 0.15) is 5.76 Å². The number of nitrogens with one attached hydrogen (secondary N) is 1. The summed E-state index contributed by atoms with van der Waals surface area (Å²) in [4.78, 5) is 12.2. The largest absolute Gasteiger partial charge is 0.457 e. The van der Waals surface area contributed by atoms with Crippen molar-refractivity contribution < 1.29 is 13.6 Å². The lowest BCUT2D eigenvalue weighted by Crippen LogP contribution is -2.13. The standard InChI is InChI=1S/C20H12ClFN2O2/c21-15-3-1-13(2-4-15)19-10-9-18(26-19)11-14(12-23)20(25)24-17-7-5-16(22)6-8-17/h1-11H,(H,24,25)/b14-11+. The Bertz CT molecular complexity index is 1000. The average molecular weight is 367 g/mol. The molecule has 26 heavy (non-hydrogen) atoms. The number of rotatable bonds is 4. The van der Waals surface area contributed by atoms with Crippen molar-refractivity contribution >= 4 is 29.3 Å². The van der Waals surface area contributed by atoms with Crippen LogP contribution in [-0.4, -0.2) is 5.91 Å². The van der Waals surface area contributed by atoms with Crippen LogP contribution in [0.2, 0.25) is 5.02 Å². The van der Waals surface area contributed by atoms with E-state index in [4.69, 9.17) is 16.0 Å². The minimum absolute atomic E-state index is 0.133. The molecule has 0 fully saturated rings. The van der Waals surface area contributed by atoms with E-state index in [-0.39, 0.29) is 5.57 Å². The Hall–Kier alpha value is -3.36. The van der Waals surface area contributed by atoms with Crippen LogP contribution < -0.4 is 5.32 Å². The molecule has 6 heteroatoms. The molecule has 2 aromatic carbocycles. The summed E-state index contributed by atoms with van der Waals surface area (Å²) in [5.41, 5.74) is 1.08. The van der Waals surface area contributed by atoms with E-state index in [9.17, 15) is 14.4 Å². The minimum Gasteiger partial charge on any atom is -0.457 e. The third kappa shape index (κ3) is 4.18. The van der Waals surface area contributed by atoms with Crippen LogP contribution in [-0.2, 0) is 4.79 Å². The van der Waals surface area contributed by atoms with Gasteiger partial charge in [-0.25, -0.2) is 4.39 Å². The number of hydrogen-bond donors (Lipinski definition) is 1. The molecule has 0 saturated carbocycles. The molecule has 0 unspecified atom stereocenters. The summed E-state index contributed by atoms with van der Waals surface area (Å²) in [7, 11) is 0. The number of nitriles is 1. The smallest absolute Gasteiger partial charge is 0.266 e. The van der Waals surface area contributed by atoms with Gasteiger partial charge in [-0.3, -0.25) is 4.79 Å². The molecule has 0 aliphatic rings. The molecule has 128 valence electrons. The van der Waals surface area contributed by atoms with Crippen molar-refractivity contribution in [1.82, 2.24) is 0 Å². The first-order valence-corrected chi connectivity index (χ1v) is 7.97. The van der Waals surface area contributed by atoms with Gasteiger partial charge in [-0.1, -0.05) is 11.6 Å². The highest BCUT2D eigenvalue weighted by Gasteiger charge is 2.11. The van der Waals surface area contributed by atoms with Crippen LogP contribution in [0.3, 0.4) is 0 Å². The second kappa shape index (κ2) is 7.68. The highest BCUT2D eigenvalue weighted by Crippen LogP contribution is 2.25. The van der Waals surface area contributed by atoms with Gasteiger partial charge in [0.15, 0.2) is 0 Å². The molecule has 0 atom stereocenters. The lowest BCUT2D eigenvalue weighted by molar-refractivity contribution is -0.112. The third-order valence-corrected chi connectivity index (χ3v) is 3.76. The summed E-state index contributed by atoms with van der Waals surface area (Å²) in [6, 6.07) is 17.6. The Labute approximate surface area is 154 Å². The van der Waals surface area contributed by atoms with Crippen molar-refractivity contribution in [1.29, 1.82) is 5.26 Å². The van der Waals surface area contributed by atoms with Crippen molar-refractivity contribution in [3.8, 4) is 17.4 Å². The molecule has 0 radical (unpaired) electrons. The zero-order valence-electron chi connectivity index (χ0n) is 13.4. The number of furan rings is 1. The van der Waals surface area contributed by atoms with E-state index in [1.165, 1.54) is 30.3 Å². The molecular weight excluding hydrogens is 355 g/mol. The van der Waals surface area contributed by atoms with E-state index in [1.807, 2.05) is 6.07 Å². The van der Waals surface area contributed by atoms with Crippen LogP contribution in [0.4, 0.5) is 10.1 Å². The summed E-state index contributed by atoms with van der Waals surface area (Å²) in [5, 5.41) is 12.4. The number of nitrogens with zero attached hydrogens (tertiary/aromatic N) is 1. The maximum Gasteiger partial charge on any atom is 0.266 e. The normalized spacial score (nSPS) is 11.0. The molecule has 0 saturated heterocycles. The van der Waals surface area contributed by atoms with E-state index in [2.05, 4.69) is 5.32 Å². The number of carbonyl (C=O) groups excluding carboxylic acids is 1. The van der Waals surface area contributed by atoms with Crippen molar-refractivity contribution in [2.24, 2.45) is 0 Å². The summed E-state index contributed by atoms with van der Waals surface area (Å²) in [6.07, 6.45) is 1.35.